The van der Waals surface area contributed by atoms with E-state index in [0.717, 1.165) is 19.3 Å². The van der Waals surface area contributed by atoms with Gasteiger partial charge in [-0.1, -0.05) is 20.8 Å². The van der Waals surface area contributed by atoms with E-state index in [1.807, 2.05) is 0 Å². The Kier molecular flexibility index (Phi) is 3.36. The molecule has 1 aliphatic carbocycles. The standard InChI is InChI=1S/C11H22O2/c1-11(2,3)9-7-8(13-4)5-6-10(9)12/h8-10,12H,5-7H2,1-4H3. The van der Waals surface area contributed by atoms with E-state index in [9.17, 15) is 5.11 Å². The predicted octanol–water partition coefficient (Wildman–Crippen LogP) is 2.21. The summed E-state index contributed by atoms with van der Waals surface area (Å²) in [5.74, 6) is 0.381. The summed E-state index contributed by atoms with van der Waals surface area (Å²) in [4.78, 5) is 0. The van der Waals surface area contributed by atoms with Gasteiger partial charge < -0.3 is 9.84 Å². The van der Waals surface area contributed by atoms with Gasteiger partial charge in [0.1, 0.15) is 0 Å². The smallest absolute Gasteiger partial charge is 0.0576 e. The van der Waals surface area contributed by atoms with E-state index in [4.69, 9.17) is 4.74 Å². The lowest BCUT2D eigenvalue weighted by Gasteiger charge is -2.40. The van der Waals surface area contributed by atoms with Crippen LogP contribution in [-0.2, 0) is 4.74 Å². The molecule has 1 saturated carbocycles. The van der Waals surface area contributed by atoms with Crippen molar-refractivity contribution in [3.8, 4) is 0 Å². The first-order valence-electron chi connectivity index (χ1n) is 5.16. The fourth-order valence-corrected chi connectivity index (χ4v) is 2.26. The van der Waals surface area contributed by atoms with Crippen LogP contribution in [0.4, 0.5) is 0 Å². The summed E-state index contributed by atoms with van der Waals surface area (Å²) in [7, 11) is 1.77. The van der Waals surface area contributed by atoms with Crippen LogP contribution in [0.25, 0.3) is 0 Å². The van der Waals surface area contributed by atoms with Crippen LogP contribution >= 0.6 is 0 Å². The highest BCUT2D eigenvalue weighted by Crippen LogP contribution is 2.38. The molecule has 0 aliphatic heterocycles. The minimum atomic E-state index is -0.133. The van der Waals surface area contributed by atoms with Crippen molar-refractivity contribution in [3.05, 3.63) is 0 Å². The van der Waals surface area contributed by atoms with Gasteiger partial charge in [0.15, 0.2) is 0 Å². The number of rotatable bonds is 1. The topological polar surface area (TPSA) is 29.5 Å². The third-order valence-corrected chi connectivity index (χ3v) is 3.21. The number of ether oxygens (including phenoxy) is 1. The molecule has 0 bridgehead atoms. The lowest BCUT2D eigenvalue weighted by Crippen LogP contribution is -2.39. The lowest BCUT2D eigenvalue weighted by molar-refractivity contribution is -0.0503. The van der Waals surface area contributed by atoms with E-state index >= 15 is 0 Å². The largest absolute Gasteiger partial charge is 0.393 e. The van der Waals surface area contributed by atoms with Gasteiger partial charge in [0, 0.05) is 7.11 Å². The van der Waals surface area contributed by atoms with Gasteiger partial charge in [-0.3, -0.25) is 0 Å². The molecule has 0 radical (unpaired) electrons. The summed E-state index contributed by atoms with van der Waals surface area (Å²) in [6, 6.07) is 0. The zero-order valence-electron chi connectivity index (χ0n) is 9.21. The average Bonchev–Trinajstić information content (AvgIpc) is 2.03. The Bertz CT molecular complexity index is 160. The van der Waals surface area contributed by atoms with Crippen LogP contribution in [0, 0.1) is 11.3 Å². The van der Waals surface area contributed by atoms with Crippen LogP contribution < -0.4 is 0 Å². The number of methoxy groups -OCH3 is 1. The van der Waals surface area contributed by atoms with Gasteiger partial charge in [0.25, 0.3) is 0 Å². The van der Waals surface area contributed by atoms with Crippen LogP contribution in [0.5, 0.6) is 0 Å². The predicted molar refractivity (Wildman–Crippen MR) is 53.6 cm³/mol. The third kappa shape index (κ3) is 2.68. The van der Waals surface area contributed by atoms with Crippen LogP contribution in [0.15, 0.2) is 0 Å². The van der Waals surface area contributed by atoms with E-state index in [-0.39, 0.29) is 11.5 Å². The molecule has 0 saturated heterocycles. The molecule has 13 heavy (non-hydrogen) atoms. The molecule has 2 heteroatoms. The molecule has 0 aromatic heterocycles. The zero-order valence-corrected chi connectivity index (χ0v) is 9.21. The minimum absolute atomic E-state index is 0.133. The molecule has 0 heterocycles. The quantitative estimate of drug-likeness (QED) is 0.680. The van der Waals surface area contributed by atoms with E-state index in [2.05, 4.69) is 20.8 Å². The van der Waals surface area contributed by atoms with E-state index in [1.54, 1.807) is 7.11 Å². The number of hydrogen-bond donors (Lipinski definition) is 1. The highest BCUT2D eigenvalue weighted by Gasteiger charge is 2.36. The Labute approximate surface area is 81.3 Å². The summed E-state index contributed by atoms with van der Waals surface area (Å²) in [5, 5.41) is 9.86. The highest BCUT2D eigenvalue weighted by molar-refractivity contribution is 4.87. The van der Waals surface area contributed by atoms with Crippen molar-refractivity contribution < 1.29 is 9.84 Å². The molecule has 0 aromatic carbocycles. The van der Waals surface area contributed by atoms with E-state index in [1.165, 1.54) is 0 Å². The second kappa shape index (κ2) is 3.97. The van der Waals surface area contributed by atoms with Gasteiger partial charge in [0.2, 0.25) is 0 Å². The maximum absolute atomic E-state index is 9.86. The molecule has 3 atom stereocenters. The van der Waals surface area contributed by atoms with Crippen molar-refractivity contribution in [1.82, 2.24) is 0 Å². The van der Waals surface area contributed by atoms with Gasteiger partial charge in [-0.2, -0.15) is 0 Å². The van der Waals surface area contributed by atoms with Crippen LogP contribution in [0.2, 0.25) is 0 Å². The summed E-state index contributed by atoms with van der Waals surface area (Å²) in [6.45, 7) is 6.58. The Morgan fingerprint density at radius 2 is 1.85 bits per heavy atom. The molecule has 2 nitrogen and oxygen atoms in total. The highest BCUT2D eigenvalue weighted by atomic mass is 16.5. The van der Waals surface area contributed by atoms with Crippen LogP contribution in [0.1, 0.15) is 40.0 Å². The first kappa shape index (κ1) is 11.0. The molecule has 0 spiro atoms. The summed E-state index contributed by atoms with van der Waals surface area (Å²) in [6.07, 6.45) is 3.12. The Morgan fingerprint density at radius 3 is 2.31 bits per heavy atom. The van der Waals surface area contributed by atoms with Gasteiger partial charge in [0.05, 0.1) is 12.2 Å². The normalized spacial score (nSPS) is 36.2. The Hall–Kier alpha value is -0.0800. The maximum atomic E-state index is 9.86. The fraction of sp³-hybridized carbons (Fsp3) is 1.00. The van der Waals surface area contributed by atoms with E-state index in [0.29, 0.717) is 12.0 Å². The molecule has 1 aliphatic rings. The summed E-state index contributed by atoms with van der Waals surface area (Å²) < 4.78 is 5.35. The molecule has 0 amide bonds. The van der Waals surface area contributed by atoms with E-state index < -0.39 is 0 Å². The first-order valence-corrected chi connectivity index (χ1v) is 5.16. The zero-order chi connectivity index (χ0) is 10.1. The van der Waals surface area contributed by atoms with Crippen molar-refractivity contribution in [2.75, 3.05) is 7.11 Å². The second-order valence-corrected chi connectivity index (χ2v) is 5.21. The molecule has 0 aromatic rings. The fourth-order valence-electron chi connectivity index (χ4n) is 2.26. The number of hydrogen-bond acceptors (Lipinski definition) is 2. The van der Waals surface area contributed by atoms with Crippen molar-refractivity contribution >= 4 is 0 Å². The average molecular weight is 186 g/mol. The summed E-state index contributed by atoms with van der Waals surface area (Å²) in [5.41, 5.74) is 0.191. The van der Waals surface area contributed by atoms with Gasteiger partial charge in [-0.25, -0.2) is 0 Å². The molecular weight excluding hydrogens is 164 g/mol. The minimum Gasteiger partial charge on any atom is -0.393 e. The summed E-state index contributed by atoms with van der Waals surface area (Å²) >= 11 is 0. The molecule has 78 valence electrons. The lowest BCUT2D eigenvalue weighted by atomic mass is 9.70. The SMILES string of the molecule is COC1CCC(O)C(C(C)(C)C)C1. The van der Waals surface area contributed by atoms with Crippen molar-refractivity contribution in [1.29, 1.82) is 0 Å². The van der Waals surface area contributed by atoms with Crippen molar-refractivity contribution in [2.24, 2.45) is 11.3 Å². The molecular formula is C11H22O2. The van der Waals surface area contributed by atoms with Crippen molar-refractivity contribution in [2.45, 2.75) is 52.2 Å². The molecule has 1 N–H and O–H groups in total. The molecule has 1 rings (SSSR count). The van der Waals surface area contributed by atoms with Crippen LogP contribution in [-0.4, -0.2) is 24.4 Å². The second-order valence-electron chi connectivity index (χ2n) is 5.21. The van der Waals surface area contributed by atoms with Crippen LogP contribution in [0.3, 0.4) is 0 Å². The van der Waals surface area contributed by atoms with Gasteiger partial charge in [-0.15, -0.1) is 0 Å². The Balaban J connectivity index is 2.60. The van der Waals surface area contributed by atoms with Crippen molar-refractivity contribution in [3.63, 3.8) is 0 Å². The molecule has 1 fully saturated rings. The van der Waals surface area contributed by atoms with Gasteiger partial charge >= 0.3 is 0 Å². The number of aliphatic hydroxyl groups is 1. The third-order valence-electron chi connectivity index (χ3n) is 3.21. The number of aliphatic hydroxyl groups excluding tert-OH is 1. The molecule has 3 unspecified atom stereocenters. The Morgan fingerprint density at radius 1 is 1.23 bits per heavy atom. The first-order chi connectivity index (χ1) is 5.95. The monoisotopic (exact) mass is 186 g/mol. The van der Waals surface area contributed by atoms with Gasteiger partial charge in [-0.05, 0) is 30.6 Å². The maximum Gasteiger partial charge on any atom is 0.0576 e.